The van der Waals surface area contributed by atoms with Crippen LogP contribution in [0.15, 0.2) is 157 Å². The topological polar surface area (TPSA) is 0 Å². The van der Waals surface area contributed by atoms with E-state index in [0.717, 1.165) is 0 Å². The van der Waals surface area contributed by atoms with E-state index < -0.39 is 26.8 Å². The van der Waals surface area contributed by atoms with Gasteiger partial charge in [-0.2, -0.15) is 0 Å². The monoisotopic (exact) mass is 767 g/mol. The second-order valence-corrected chi connectivity index (χ2v) is 35.0. The Balaban J connectivity index is 1.41. The Morgan fingerprint density at radius 1 is 0.423 bits per heavy atom. The van der Waals surface area contributed by atoms with Crippen LogP contribution in [0, 0.1) is 0 Å². The molecule has 0 nitrogen and oxygen atoms in total. The van der Waals surface area contributed by atoms with E-state index in [0.29, 0.717) is 7.25 Å². The molecular weight excluding hydrogens is 720 g/mol. The van der Waals surface area contributed by atoms with E-state index in [9.17, 15) is 0 Å². The Kier molecular flexibility index (Phi) is 10.4. The molecule has 2 atom stereocenters. The van der Waals surface area contributed by atoms with E-state index >= 15 is 0 Å². The molecule has 0 heterocycles. The zero-order valence-corrected chi connectivity index (χ0v) is 34.7. The summed E-state index contributed by atoms with van der Waals surface area (Å²) in [5.74, 6) is -1.13. The Hall–Kier alpha value is -4.10. The molecule has 2 heteroatoms. The summed E-state index contributed by atoms with van der Waals surface area (Å²) in [5, 5.41) is 0. The van der Waals surface area contributed by atoms with Crippen molar-refractivity contribution in [2.24, 2.45) is 0 Å². The molecule has 0 saturated heterocycles. The number of allylic oxidation sites excluding steroid dienone is 2. The van der Waals surface area contributed by atoms with E-state index in [2.05, 4.69) is 185 Å². The van der Waals surface area contributed by atoms with Crippen LogP contribution in [0.1, 0.15) is 69.0 Å². The van der Waals surface area contributed by atoms with Gasteiger partial charge in [0.15, 0.2) is 0 Å². The standard InChI is InChI=1S/2C24H21.C2H7Si.Zr/c2*1-2-9-18-16-23-21(19-10-5-3-6-11-19)14-15-22(24(23)17-18)20-12-7-4-8-13-20;1-3-2;/h2*3-8,10-17H,2,9H2,1H3;3H,1-2H3;. The fourth-order valence-electron chi connectivity index (χ4n) is 9.20. The number of rotatable bonds is 11. The van der Waals surface area contributed by atoms with Crippen LogP contribution in [-0.2, 0) is 20.9 Å². The molecule has 6 aromatic rings. The summed E-state index contributed by atoms with van der Waals surface area (Å²) in [7, 11) is 0. The first-order valence-corrected chi connectivity index (χ1v) is 29.4. The van der Waals surface area contributed by atoms with Crippen LogP contribution in [-0.4, -0.2) is 5.92 Å². The van der Waals surface area contributed by atoms with Crippen molar-refractivity contribution in [3.63, 3.8) is 0 Å². The minimum atomic E-state index is -2.47. The summed E-state index contributed by atoms with van der Waals surface area (Å²) in [6, 6.07) is 54.7. The zero-order valence-electron chi connectivity index (χ0n) is 31.1. The number of hydrogen-bond donors (Lipinski definition) is 0. The first-order chi connectivity index (χ1) is 25.6. The van der Waals surface area contributed by atoms with Gasteiger partial charge in [-0.3, -0.25) is 0 Å². The van der Waals surface area contributed by atoms with Gasteiger partial charge in [0.2, 0.25) is 0 Å². The molecule has 0 spiro atoms. The first-order valence-electron chi connectivity index (χ1n) is 19.4. The summed E-state index contributed by atoms with van der Waals surface area (Å²) in [6.07, 6.45) is 10.1. The third-order valence-corrected chi connectivity index (χ3v) is 32.9. The van der Waals surface area contributed by atoms with E-state index in [-0.39, 0.29) is 0 Å². The number of fused-ring (bicyclic) bond motifs is 2. The molecule has 0 bridgehead atoms. The molecule has 0 aromatic heterocycles. The van der Waals surface area contributed by atoms with Gasteiger partial charge in [-0.25, -0.2) is 0 Å². The summed E-state index contributed by atoms with van der Waals surface area (Å²) < 4.78 is 1.12. The van der Waals surface area contributed by atoms with Crippen molar-refractivity contribution >= 4 is 18.1 Å². The quantitative estimate of drug-likeness (QED) is 0.115. The Morgan fingerprint density at radius 3 is 1.04 bits per heavy atom. The third kappa shape index (κ3) is 6.44. The predicted molar refractivity (Wildman–Crippen MR) is 225 cm³/mol. The van der Waals surface area contributed by atoms with Crippen molar-refractivity contribution in [1.82, 2.24) is 0 Å². The second kappa shape index (κ2) is 15.5. The average Bonchev–Trinajstić information content (AvgIpc) is 3.75. The van der Waals surface area contributed by atoms with E-state index in [1.165, 1.54) is 81.3 Å². The Morgan fingerprint density at radius 2 is 0.731 bits per heavy atom. The van der Waals surface area contributed by atoms with Crippen molar-refractivity contribution in [2.75, 3.05) is 0 Å². The van der Waals surface area contributed by atoms with Gasteiger partial charge in [-0.1, -0.05) is 0 Å². The van der Waals surface area contributed by atoms with Crippen molar-refractivity contribution in [1.29, 1.82) is 0 Å². The average molecular weight is 769 g/mol. The van der Waals surface area contributed by atoms with Crippen molar-refractivity contribution < 1.29 is 20.9 Å². The molecule has 6 aromatic carbocycles. The Bertz CT molecular complexity index is 2070. The molecular formula is C50H49SiZr. The molecule has 0 amide bonds. The van der Waals surface area contributed by atoms with Crippen molar-refractivity contribution in [3.05, 3.63) is 179 Å². The maximum absolute atomic E-state index is 2.73. The van der Waals surface area contributed by atoms with Gasteiger partial charge in [0, 0.05) is 0 Å². The molecule has 0 N–H and O–H groups in total. The number of benzene rings is 6. The van der Waals surface area contributed by atoms with E-state index in [1.807, 2.05) is 0 Å². The van der Waals surface area contributed by atoms with Crippen LogP contribution in [0.25, 0.3) is 56.7 Å². The van der Waals surface area contributed by atoms with E-state index in [4.69, 9.17) is 0 Å². The molecule has 0 radical (unpaired) electrons. The number of hydrogen-bond acceptors (Lipinski definition) is 0. The third-order valence-electron chi connectivity index (χ3n) is 11.3. The van der Waals surface area contributed by atoms with Gasteiger partial charge in [0.25, 0.3) is 0 Å². The second-order valence-electron chi connectivity index (χ2n) is 14.9. The molecule has 2 aliphatic rings. The summed E-state index contributed by atoms with van der Waals surface area (Å²) in [6.45, 7) is 10.2. The van der Waals surface area contributed by atoms with Gasteiger partial charge in [0.1, 0.15) is 0 Å². The predicted octanol–water partition coefficient (Wildman–Crippen LogP) is 14.1. The van der Waals surface area contributed by atoms with Crippen LogP contribution in [0.2, 0.25) is 13.1 Å². The fraction of sp³-hybridized carbons (Fsp3) is 0.200. The fourth-order valence-corrected chi connectivity index (χ4v) is 32.1. The maximum atomic E-state index is 2.73. The van der Waals surface area contributed by atoms with Crippen LogP contribution in [0.5, 0.6) is 0 Å². The van der Waals surface area contributed by atoms with Crippen molar-refractivity contribution in [3.8, 4) is 44.5 Å². The van der Waals surface area contributed by atoms with Gasteiger partial charge in [-0.05, 0) is 0 Å². The zero-order chi connectivity index (χ0) is 35.6. The summed E-state index contributed by atoms with van der Waals surface area (Å²) in [5.41, 5.74) is 20.8. The van der Waals surface area contributed by atoms with Crippen LogP contribution in [0.3, 0.4) is 0 Å². The molecule has 0 saturated carbocycles. The minimum absolute atomic E-state index is 0.558. The van der Waals surface area contributed by atoms with E-state index in [1.54, 1.807) is 22.3 Å². The van der Waals surface area contributed by atoms with Gasteiger partial charge in [-0.15, -0.1) is 0 Å². The molecule has 2 unspecified atom stereocenters. The van der Waals surface area contributed by atoms with Crippen LogP contribution in [0.4, 0.5) is 0 Å². The SMILES string of the molecule is CCCC1=Cc2c(-c3ccccc3)ccc(-c3ccccc3)c2[CH]1[Zr]([CH]1C(CCC)=Cc2c(-c3ccccc3)ccc(-c3ccccc3)c21)[SiH](C)C. The molecule has 0 fully saturated rings. The van der Waals surface area contributed by atoms with Gasteiger partial charge >= 0.3 is 322 Å². The van der Waals surface area contributed by atoms with Crippen molar-refractivity contribution in [2.45, 2.75) is 59.9 Å². The van der Waals surface area contributed by atoms with Gasteiger partial charge in [0.05, 0.1) is 0 Å². The van der Waals surface area contributed by atoms with Gasteiger partial charge < -0.3 is 0 Å². The Labute approximate surface area is 320 Å². The summed E-state index contributed by atoms with van der Waals surface area (Å²) >= 11 is -2.47. The molecule has 52 heavy (non-hydrogen) atoms. The molecule has 0 aliphatic heterocycles. The normalized spacial score (nSPS) is 16.0. The molecule has 257 valence electrons. The first kappa shape index (κ1) is 35.0. The molecule has 2 aliphatic carbocycles. The van der Waals surface area contributed by atoms with Crippen LogP contribution < -0.4 is 0 Å². The molecule has 8 rings (SSSR count). The summed E-state index contributed by atoms with van der Waals surface area (Å²) in [4.78, 5) is 0. The van der Waals surface area contributed by atoms with Crippen LogP contribution >= 0.6 is 0 Å².